The van der Waals surface area contributed by atoms with Gasteiger partial charge in [0.2, 0.25) is 5.78 Å². The van der Waals surface area contributed by atoms with Gasteiger partial charge in [0.1, 0.15) is 0 Å². The first kappa shape index (κ1) is 17.4. The maximum absolute atomic E-state index is 11.6. The van der Waals surface area contributed by atoms with Crippen LogP contribution in [0.2, 0.25) is 0 Å². The Balaban J connectivity index is 0. The minimum Gasteiger partial charge on any atom is -0.365 e. The zero-order valence-corrected chi connectivity index (χ0v) is 11.5. The zero-order chi connectivity index (χ0) is 13.3. The molecule has 0 aliphatic rings. The molecule has 0 heterocycles. The summed E-state index contributed by atoms with van der Waals surface area (Å²) in [7, 11) is 0. The maximum atomic E-state index is 11.6. The number of rotatable bonds is 4. The Labute approximate surface area is 103 Å². The fraction of sp³-hybridized carbons (Fsp3) is 0.500. The van der Waals surface area contributed by atoms with E-state index in [0.29, 0.717) is 4.91 Å². The summed E-state index contributed by atoms with van der Waals surface area (Å²) in [5.74, 6) is -1.12. The maximum Gasteiger partial charge on any atom is 0.252 e. The van der Waals surface area contributed by atoms with Crippen LogP contribution >= 0.6 is 12.6 Å². The van der Waals surface area contributed by atoms with Gasteiger partial charge in [-0.3, -0.25) is 9.59 Å². The predicted molar refractivity (Wildman–Crippen MR) is 71.3 cm³/mol. The van der Waals surface area contributed by atoms with Gasteiger partial charge in [0.25, 0.3) is 5.91 Å². The second kappa shape index (κ2) is 9.21. The van der Waals surface area contributed by atoms with Crippen LogP contribution in [-0.2, 0) is 9.59 Å². The molecule has 0 saturated heterocycles. The topological polar surface area (TPSA) is 60.2 Å². The lowest BCUT2D eigenvalue weighted by Gasteiger charge is -2.04. The second-order valence-electron chi connectivity index (χ2n) is 2.88. The molecule has 0 aliphatic carbocycles. The molecule has 0 atom stereocenters. The number of amides is 1. The molecule has 16 heavy (non-hydrogen) atoms. The number of Topliss-reactive ketones (excluding diaryl/α,β-unsaturated/α-hetero) is 1. The number of hydrogen-bond acceptors (Lipinski definition) is 3. The molecular weight excluding hydrogens is 222 g/mol. The van der Waals surface area contributed by atoms with E-state index in [2.05, 4.69) is 12.6 Å². The highest BCUT2D eigenvalue weighted by Gasteiger charge is 2.17. The Hall–Kier alpha value is -1.03. The molecule has 92 valence electrons. The minimum absolute atomic E-state index is 0.0113. The van der Waals surface area contributed by atoms with Crippen molar-refractivity contribution in [2.75, 3.05) is 0 Å². The van der Waals surface area contributed by atoms with Crippen molar-refractivity contribution in [1.29, 1.82) is 0 Å². The number of carbonyl (C=O) groups excluding carboxylic acids is 2. The number of primary amides is 1. The number of ketones is 1. The summed E-state index contributed by atoms with van der Waals surface area (Å²) in [6.07, 6.45) is 2.13. The molecule has 0 bridgehead atoms. The lowest BCUT2D eigenvalue weighted by atomic mass is 10.1. The molecule has 0 aromatic heterocycles. The van der Waals surface area contributed by atoms with Gasteiger partial charge >= 0.3 is 0 Å². The molecule has 0 unspecified atom stereocenters. The Morgan fingerprint density at radius 3 is 2.00 bits per heavy atom. The van der Waals surface area contributed by atoms with E-state index >= 15 is 0 Å². The fourth-order valence-electron chi connectivity index (χ4n) is 0.874. The first-order valence-electron chi connectivity index (χ1n) is 5.35. The Morgan fingerprint density at radius 1 is 1.31 bits per heavy atom. The summed E-state index contributed by atoms with van der Waals surface area (Å²) >= 11 is 4.07. The van der Waals surface area contributed by atoms with Crippen molar-refractivity contribution in [3.05, 3.63) is 22.1 Å². The largest absolute Gasteiger partial charge is 0.365 e. The summed E-state index contributed by atoms with van der Waals surface area (Å²) in [5.41, 5.74) is 5.88. The second-order valence-corrected chi connectivity index (χ2v) is 3.33. The van der Waals surface area contributed by atoms with E-state index < -0.39 is 11.7 Å². The summed E-state index contributed by atoms with van der Waals surface area (Å²) in [4.78, 5) is 22.8. The van der Waals surface area contributed by atoms with Crippen LogP contribution in [0.3, 0.4) is 0 Å². The van der Waals surface area contributed by atoms with E-state index in [-0.39, 0.29) is 5.57 Å². The molecule has 2 N–H and O–H groups in total. The van der Waals surface area contributed by atoms with E-state index in [0.717, 1.165) is 12.0 Å². The Morgan fingerprint density at radius 2 is 1.75 bits per heavy atom. The summed E-state index contributed by atoms with van der Waals surface area (Å²) in [5, 5.41) is 0. The molecule has 0 aliphatic heterocycles. The van der Waals surface area contributed by atoms with Crippen LogP contribution in [0, 0.1) is 0 Å². The van der Waals surface area contributed by atoms with E-state index in [1.165, 1.54) is 6.08 Å². The molecule has 0 saturated carbocycles. The molecule has 4 heteroatoms. The summed E-state index contributed by atoms with van der Waals surface area (Å²) < 4.78 is 0. The molecule has 0 aromatic carbocycles. The van der Waals surface area contributed by atoms with Crippen LogP contribution in [0.15, 0.2) is 22.1 Å². The molecule has 1 amide bonds. The van der Waals surface area contributed by atoms with Crippen LogP contribution in [-0.4, -0.2) is 11.7 Å². The van der Waals surface area contributed by atoms with Crippen LogP contribution in [0.4, 0.5) is 0 Å². The fourth-order valence-corrected chi connectivity index (χ4v) is 1.15. The van der Waals surface area contributed by atoms with Crippen molar-refractivity contribution >= 4 is 24.3 Å². The van der Waals surface area contributed by atoms with Gasteiger partial charge < -0.3 is 5.73 Å². The molecule has 0 rings (SSSR count). The molecule has 3 nitrogen and oxygen atoms in total. The molecular formula is C12H21NO2S. The normalized spacial score (nSPS) is 12.2. The molecule has 0 spiro atoms. The van der Waals surface area contributed by atoms with E-state index in [9.17, 15) is 9.59 Å². The van der Waals surface area contributed by atoms with Gasteiger partial charge in [0.05, 0.1) is 10.5 Å². The van der Waals surface area contributed by atoms with Crippen molar-refractivity contribution < 1.29 is 9.59 Å². The van der Waals surface area contributed by atoms with E-state index in [1.807, 2.05) is 20.8 Å². The number of thiol groups is 1. The van der Waals surface area contributed by atoms with Gasteiger partial charge in [0.15, 0.2) is 0 Å². The van der Waals surface area contributed by atoms with E-state index in [1.54, 1.807) is 13.8 Å². The van der Waals surface area contributed by atoms with Crippen molar-refractivity contribution in [1.82, 2.24) is 0 Å². The van der Waals surface area contributed by atoms with Crippen LogP contribution < -0.4 is 5.73 Å². The quantitative estimate of drug-likeness (QED) is 0.345. The number of hydrogen-bond donors (Lipinski definition) is 2. The van der Waals surface area contributed by atoms with Crippen molar-refractivity contribution in [2.45, 2.75) is 41.0 Å². The highest BCUT2D eigenvalue weighted by atomic mass is 32.1. The third kappa shape index (κ3) is 5.16. The zero-order valence-electron chi connectivity index (χ0n) is 10.6. The van der Waals surface area contributed by atoms with Crippen LogP contribution in [0.25, 0.3) is 0 Å². The minimum atomic E-state index is -0.715. The van der Waals surface area contributed by atoms with Gasteiger partial charge in [-0.15, -0.1) is 12.6 Å². The smallest absolute Gasteiger partial charge is 0.252 e. The SMILES string of the molecule is C/C=C(/C(N)=O)C(=O)/C(S)=C(/C)CC.CC. The molecule has 0 radical (unpaired) electrons. The van der Waals surface area contributed by atoms with Crippen LogP contribution in [0.5, 0.6) is 0 Å². The van der Waals surface area contributed by atoms with Gasteiger partial charge in [-0.2, -0.15) is 0 Å². The lowest BCUT2D eigenvalue weighted by molar-refractivity contribution is -0.118. The van der Waals surface area contributed by atoms with Crippen molar-refractivity contribution in [3.8, 4) is 0 Å². The van der Waals surface area contributed by atoms with Gasteiger partial charge in [-0.05, 0) is 20.3 Å². The number of nitrogens with two attached hydrogens (primary N) is 1. The summed E-state index contributed by atoms with van der Waals surface area (Å²) in [6, 6.07) is 0. The highest BCUT2D eigenvalue weighted by Crippen LogP contribution is 2.16. The monoisotopic (exact) mass is 243 g/mol. The third-order valence-electron chi connectivity index (χ3n) is 1.95. The summed E-state index contributed by atoms with van der Waals surface area (Å²) in [6.45, 7) is 9.31. The standard InChI is InChI=1S/C10H15NO2S.C2H6/c1-4-6(3)9(14)8(12)7(5-2)10(11)13;1-2/h5,14H,4H2,1-3H3,(H2,11,13);1-2H3/b7-5+,9-6+;. The highest BCUT2D eigenvalue weighted by molar-refractivity contribution is 7.85. The van der Waals surface area contributed by atoms with E-state index in [4.69, 9.17) is 5.73 Å². The van der Waals surface area contributed by atoms with Crippen LogP contribution in [0.1, 0.15) is 41.0 Å². The first-order chi connectivity index (χ1) is 7.45. The van der Waals surface area contributed by atoms with Crippen molar-refractivity contribution in [2.24, 2.45) is 5.73 Å². The van der Waals surface area contributed by atoms with Crippen molar-refractivity contribution in [3.63, 3.8) is 0 Å². The first-order valence-corrected chi connectivity index (χ1v) is 5.79. The number of carbonyl (C=O) groups is 2. The Kier molecular flexibility index (Phi) is 10.0. The average Bonchev–Trinajstić information content (AvgIpc) is 2.29. The average molecular weight is 243 g/mol. The molecule has 0 fully saturated rings. The third-order valence-corrected chi connectivity index (χ3v) is 2.53. The van der Waals surface area contributed by atoms with Gasteiger partial charge in [0, 0.05) is 0 Å². The van der Waals surface area contributed by atoms with Gasteiger partial charge in [-0.1, -0.05) is 32.4 Å². The number of allylic oxidation sites excluding steroid dienone is 3. The van der Waals surface area contributed by atoms with Gasteiger partial charge in [-0.25, -0.2) is 0 Å². The lowest BCUT2D eigenvalue weighted by Crippen LogP contribution is -2.21. The Bertz CT molecular complexity index is 317. The predicted octanol–water partition coefficient (Wildman–Crippen LogP) is 2.63. The molecule has 0 aromatic rings.